The number of hydrogen-bond acceptors (Lipinski definition) is 3. The molecular formula is C18H18O6. The van der Waals surface area contributed by atoms with Crippen LogP contribution in [0.15, 0.2) is 34.9 Å². The molecule has 0 aliphatic heterocycles. The van der Waals surface area contributed by atoms with Crippen LogP contribution in [0, 0.1) is 0 Å². The lowest BCUT2D eigenvalue weighted by Gasteiger charge is -2.05. The zero-order valence-corrected chi connectivity index (χ0v) is 13.5. The summed E-state index contributed by atoms with van der Waals surface area (Å²) in [4.78, 5) is 32.9. The normalized spacial score (nSPS) is 12.9. The van der Waals surface area contributed by atoms with Crippen molar-refractivity contribution in [1.29, 1.82) is 0 Å². The van der Waals surface area contributed by atoms with Crippen molar-refractivity contribution in [2.24, 2.45) is 0 Å². The first kappa shape index (κ1) is 18.9. The van der Waals surface area contributed by atoms with E-state index in [0.29, 0.717) is 16.7 Å². The fourth-order valence-electron chi connectivity index (χ4n) is 1.89. The number of carboxylic acids is 3. The van der Waals surface area contributed by atoms with Crippen LogP contribution in [0.1, 0.15) is 37.5 Å². The highest BCUT2D eigenvalue weighted by Crippen LogP contribution is 2.19. The van der Waals surface area contributed by atoms with Crippen molar-refractivity contribution in [2.75, 3.05) is 0 Å². The zero-order valence-electron chi connectivity index (χ0n) is 13.5. The maximum atomic E-state index is 11.0. The maximum Gasteiger partial charge on any atom is 0.331 e. The van der Waals surface area contributed by atoms with Crippen LogP contribution in [-0.2, 0) is 14.4 Å². The molecule has 3 N–H and O–H groups in total. The van der Waals surface area contributed by atoms with Crippen LogP contribution in [0.2, 0.25) is 0 Å². The number of hydrogen-bond donors (Lipinski definition) is 3. The fraction of sp³-hybridized carbons (Fsp3) is 0.167. The second-order valence-corrected chi connectivity index (χ2v) is 5.33. The fourth-order valence-corrected chi connectivity index (χ4v) is 1.89. The van der Waals surface area contributed by atoms with E-state index in [-0.39, 0.29) is 16.7 Å². The van der Waals surface area contributed by atoms with Gasteiger partial charge in [0, 0.05) is 16.7 Å². The maximum absolute atomic E-state index is 11.0. The molecule has 0 radical (unpaired) electrons. The van der Waals surface area contributed by atoms with Gasteiger partial charge >= 0.3 is 17.9 Å². The van der Waals surface area contributed by atoms with Crippen LogP contribution >= 0.6 is 0 Å². The number of carbonyl (C=O) groups is 3. The minimum atomic E-state index is -1.07. The van der Waals surface area contributed by atoms with Crippen molar-refractivity contribution in [2.45, 2.75) is 20.8 Å². The molecule has 6 nitrogen and oxygen atoms in total. The first-order valence-corrected chi connectivity index (χ1v) is 7.00. The van der Waals surface area contributed by atoms with Crippen molar-refractivity contribution >= 4 is 36.1 Å². The summed E-state index contributed by atoms with van der Waals surface area (Å²) in [7, 11) is 0. The molecule has 0 aliphatic carbocycles. The van der Waals surface area contributed by atoms with E-state index in [1.54, 1.807) is 18.2 Å². The van der Waals surface area contributed by atoms with Crippen molar-refractivity contribution in [3.63, 3.8) is 0 Å². The molecule has 0 saturated heterocycles. The summed E-state index contributed by atoms with van der Waals surface area (Å²) in [6, 6.07) is 4.89. The van der Waals surface area contributed by atoms with Gasteiger partial charge in [0.2, 0.25) is 0 Å². The third-order valence-electron chi connectivity index (χ3n) is 3.16. The molecule has 1 rings (SSSR count). The van der Waals surface area contributed by atoms with Crippen LogP contribution in [0.3, 0.4) is 0 Å². The lowest BCUT2D eigenvalue weighted by molar-refractivity contribution is -0.133. The quantitative estimate of drug-likeness (QED) is 0.691. The average molecular weight is 330 g/mol. The summed E-state index contributed by atoms with van der Waals surface area (Å²) in [5.41, 5.74) is 1.92. The Morgan fingerprint density at radius 1 is 0.625 bits per heavy atom. The SMILES string of the molecule is C/C(=C\c1cc(/C=C(\C)C(=O)O)cc(/C=C(\C)C(=O)O)c1)C(=O)O. The molecule has 1 aromatic carbocycles. The van der Waals surface area contributed by atoms with Gasteiger partial charge in [-0.05, 0) is 73.9 Å². The Morgan fingerprint density at radius 2 is 0.833 bits per heavy atom. The summed E-state index contributed by atoms with van der Waals surface area (Å²) >= 11 is 0. The van der Waals surface area contributed by atoms with E-state index < -0.39 is 17.9 Å². The topological polar surface area (TPSA) is 112 Å². The van der Waals surface area contributed by atoms with E-state index in [0.717, 1.165) is 0 Å². The van der Waals surface area contributed by atoms with E-state index >= 15 is 0 Å². The van der Waals surface area contributed by atoms with Crippen LogP contribution in [0.5, 0.6) is 0 Å². The van der Waals surface area contributed by atoms with Crippen LogP contribution in [0.4, 0.5) is 0 Å². The molecule has 0 spiro atoms. The summed E-state index contributed by atoms with van der Waals surface area (Å²) in [5, 5.41) is 26.9. The number of aliphatic carboxylic acids is 3. The first-order valence-electron chi connectivity index (χ1n) is 7.00. The molecule has 1 aromatic rings. The molecule has 0 aliphatic rings. The third kappa shape index (κ3) is 5.57. The second-order valence-electron chi connectivity index (χ2n) is 5.33. The van der Waals surface area contributed by atoms with Crippen molar-refractivity contribution < 1.29 is 29.7 Å². The highest BCUT2D eigenvalue weighted by atomic mass is 16.4. The summed E-state index contributed by atoms with van der Waals surface area (Å²) in [6.07, 6.45) is 4.30. The molecule has 0 unspecified atom stereocenters. The van der Waals surface area contributed by atoms with Gasteiger partial charge in [0.1, 0.15) is 0 Å². The monoisotopic (exact) mass is 330 g/mol. The van der Waals surface area contributed by atoms with Gasteiger partial charge in [0.15, 0.2) is 0 Å². The zero-order chi connectivity index (χ0) is 18.4. The predicted octanol–water partition coefficient (Wildman–Crippen LogP) is 3.15. The lowest BCUT2D eigenvalue weighted by atomic mass is 10.0. The predicted molar refractivity (Wildman–Crippen MR) is 90.3 cm³/mol. The second kappa shape index (κ2) is 7.92. The molecule has 0 bridgehead atoms. The molecule has 24 heavy (non-hydrogen) atoms. The van der Waals surface area contributed by atoms with E-state index in [1.165, 1.54) is 39.0 Å². The smallest absolute Gasteiger partial charge is 0.331 e. The molecule has 0 aromatic heterocycles. The van der Waals surface area contributed by atoms with Crippen molar-refractivity contribution in [3.8, 4) is 0 Å². The lowest BCUT2D eigenvalue weighted by Crippen LogP contribution is -1.98. The molecule has 126 valence electrons. The minimum Gasteiger partial charge on any atom is -0.478 e. The van der Waals surface area contributed by atoms with E-state index in [2.05, 4.69) is 0 Å². The van der Waals surface area contributed by atoms with Crippen LogP contribution in [0.25, 0.3) is 18.2 Å². The van der Waals surface area contributed by atoms with Gasteiger partial charge < -0.3 is 15.3 Å². The summed E-state index contributed by atoms with van der Waals surface area (Å²) in [6.45, 7) is 4.31. The van der Waals surface area contributed by atoms with Gasteiger partial charge in [-0.2, -0.15) is 0 Å². The Kier molecular flexibility index (Phi) is 6.23. The Labute approximate surface area is 139 Å². The summed E-state index contributed by atoms with van der Waals surface area (Å²) < 4.78 is 0. The molecule has 0 fully saturated rings. The minimum absolute atomic E-state index is 0.107. The highest BCUT2D eigenvalue weighted by Gasteiger charge is 2.06. The van der Waals surface area contributed by atoms with Gasteiger partial charge in [0.05, 0.1) is 0 Å². The molecule has 0 saturated carbocycles. The Bertz CT molecular complexity index is 664. The van der Waals surface area contributed by atoms with E-state index in [4.69, 9.17) is 15.3 Å². The number of rotatable bonds is 6. The molecule has 0 atom stereocenters. The van der Waals surface area contributed by atoms with Gasteiger partial charge in [0.25, 0.3) is 0 Å². The first-order chi connectivity index (χ1) is 11.1. The largest absolute Gasteiger partial charge is 0.478 e. The molecule has 0 amide bonds. The van der Waals surface area contributed by atoms with Gasteiger partial charge in [-0.25, -0.2) is 14.4 Å². The Balaban J connectivity index is 3.50. The van der Waals surface area contributed by atoms with Crippen LogP contribution < -0.4 is 0 Å². The van der Waals surface area contributed by atoms with Crippen molar-refractivity contribution in [1.82, 2.24) is 0 Å². The Hall–Kier alpha value is -3.15. The molecule has 0 heterocycles. The average Bonchev–Trinajstić information content (AvgIpc) is 2.46. The van der Waals surface area contributed by atoms with Gasteiger partial charge in [-0.15, -0.1) is 0 Å². The number of benzene rings is 1. The van der Waals surface area contributed by atoms with Gasteiger partial charge in [-0.3, -0.25) is 0 Å². The standard InChI is InChI=1S/C18H18O6/c1-10(16(19)20)4-13-7-14(5-11(2)17(21)22)9-15(8-13)6-12(3)18(23)24/h4-9H,1-3H3,(H,19,20)(H,21,22)(H,23,24)/b10-4+,11-5+,12-6+. The highest BCUT2D eigenvalue weighted by molar-refractivity contribution is 5.94. The Morgan fingerprint density at radius 3 is 1.00 bits per heavy atom. The summed E-state index contributed by atoms with van der Waals surface area (Å²) in [5.74, 6) is -3.22. The number of carboxylic acid groups (broad SMARTS) is 3. The van der Waals surface area contributed by atoms with E-state index in [9.17, 15) is 14.4 Å². The molecular weight excluding hydrogens is 312 g/mol. The van der Waals surface area contributed by atoms with Gasteiger partial charge in [-0.1, -0.05) is 0 Å². The molecule has 6 heteroatoms. The van der Waals surface area contributed by atoms with E-state index in [1.807, 2.05) is 0 Å². The van der Waals surface area contributed by atoms with Crippen molar-refractivity contribution in [3.05, 3.63) is 51.6 Å². The van der Waals surface area contributed by atoms with Crippen LogP contribution in [-0.4, -0.2) is 33.2 Å². The third-order valence-corrected chi connectivity index (χ3v) is 3.16.